The van der Waals surface area contributed by atoms with Gasteiger partial charge in [-0.15, -0.1) is 0 Å². The highest BCUT2D eigenvalue weighted by Crippen LogP contribution is 2.36. The number of halogens is 1. The van der Waals surface area contributed by atoms with E-state index in [0.29, 0.717) is 10.5 Å². The molecule has 1 aromatic rings. The number of benzene rings is 1. The fraction of sp³-hybridized carbons (Fsp3) is 0.385. The van der Waals surface area contributed by atoms with Crippen molar-refractivity contribution < 1.29 is 18.7 Å². The third kappa shape index (κ3) is 2.48. The number of hydrogen-bond donors (Lipinski definition) is 6. The lowest BCUT2D eigenvalue weighted by atomic mass is 9.97. The summed E-state index contributed by atoms with van der Waals surface area (Å²) < 4.78 is 18.8. The van der Waals surface area contributed by atoms with Crippen LogP contribution in [0.15, 0.2) is 18.2 Å². The first kappa shape index (κ1) is 18.0. The van der Waals surface area contributed by atoms with Crippen LogP contribution < -0.4 is 38.9 Å². The minimum absolute atomic E-state index is 0.0148. The van der Waals surface area contributed by atoms with Crippen molar-refractivity contribution in [3.05, 3.63) is 29.6 Å². The van der Waals surface area contributed by atoms with E-state index in [-0.39, 0.29) is 5.69 Å². The second kappa shape index (κ2) is 5.36. The van der Waals surface area contributed by atoms with E-state index in [2.05, 4.69) is 5.32 Å². The van der Waals surface area contributed by atoms with Crippen LogP contribution in [0.25, 0.3) is 0 Å². The molecule has 0 unspecified atom stereocenters. The maximum Gasteiger partial charge on any atom is 0.419 e. The van der Waals surface area contributed by atoms with Crippen molar-refractivity contribution in [3.63, 3.8) is 0 Å². The molecule has 0 spiro atoms. The van der Waals surface area contributed by atoms with Gasteiger partial charge in [-0.05, 0) is 24.6 Å². The Morgan fingerprint density at radius 1 is 1.33 bits per heavy atom. The monoisotopic (exact) mass is 341 g/mol. The average molecular weight is 341 g/mol. The van der Waals surface area contributed by atoms with E-state index >= 15 is 0 Å². The number of carbonyl (C=O) groups excluding carboxylic acids is 2. The second-order valence-corrected chi connectivity index (χ2v) is 5.75. The number of nitrogens with zero attached hydrogens (tertiary/aromatic N) is 1. The number of nitrogens with one attached hydrogen (secondary N) is 1. The molecule has 0 bridgehead atoms. The third-order valence-electron chi connectivity index (χ3n) is 3.81. The molecule has 11 heteroatoms. The molecule has 24 heavy (non-hydrogen) atoms. The summed E-state index contributed by atoms with van der Waals surface area (Å²) in [5.41, 5.74) is 27.4. The van der Waals surface area contributed by atoms with Gasteiger partial charge in [-0.3, -0.25) is 33.5 Å². The van der Waals surface area contributed by atoms with Crippen molar-refractivity contribution in [2.45, 2.75) is 31.1 Å². The Labute approximate surface area is 137 Å². The van der Waals surface area contributed by atoms with Crippen LogP contribution in [0.1, 0.15) is 12.5 Å². The van der Waals surface area contributed by atoms with Gasteiger partial charge in [0.05, 0.1) is 5.69 Å². The number of amides is 2. The summed E-state index contributed by atoms with van der Waals surface area (Å²) in [6.45, 7) is 2.66. The highest BCUT2D eigenvalue weighted by atomic mass is 19.1. The van der Waals surface area contributed by atoms with E-state index in [4.69, 9.17) is 33.4 Å². The van der Waals surface area contributed by atoms with Gasteiger partial charge in [0.1, 0.15) is 5.82 Å². The highest BCUT2D eigenvalue weighted by Gasteiger charge is 2.69. The molecule has 0 aliphatic carbocycles. The van der Waals surface area contributed by atoms with E-state index in [9.17, 15) is 14.0 Å². The van der Waals surface area contributed by atoms with E-state index < -0.39 is 35.1 Å². The van der Waals surface area contributed by atoms with Gasteiger partial charge in [0.25, 0.3) is 5.72 Å². The number of nitrogens with two attached hydrogens (primary N) is 5. The molecule has 10 nitrogen and oxygen atoms in total. The van der Waals surface area contributed by atoms with Crippen LogP contribution in [0.3, 0.4) is 0 Å². The molecular formula is C13H20FN7O3. The summed E-state index contributed by atoms with van der Waals surface area (Å²) >= 11 is 0. The number of carbonyl (C=O) groups is 2. The lowest BCUT2D eigenvalue weighted by Gasteiger charge is -2.45. The summed E-state index contributed by atoms with van der Waals surface area (Å²) in [5, 5.41) is 2.12. The predicted octanol–water partition coefficient (Wildman–Crippen LogP) is -1.98. The molecule has 132 valence electrons. The van der Waals surface area contributed by atoms with E-state index in [0.717, 1.165) is 13.0 Å². The van der Waals surface area contributed by atoms with Gasteiger partial charge in [-0.1, -0.05) is 6.07 Å². The van der Waals surface area contributed by atoms with Crippen molar-refractivity contribution in [2.24, 2.45) is 28.7 Å². The fourth-order valence-electron chi connectivity index (χ4n) is 2.42. The van der Waals surface area contributed by atoms with Gasteiger partial charge < -0.3 is 10.1 Å². The Morgan fingerprint density at radius 2 is 1.92 bits per heavy atom. The van der Waals surface area contributed by atoms with Crippen molar-refractivity contribution in [1.82, 2.24) is 5.32 Å². The predicted molar refractivity (Wildman–Crippen MR) is 83.0 cm³/mol. The zero-order chi connectivity index (χ0) is 18.5. The Hall–Kier alpha value is -2.31. The largest absolute Gasteiger partial charge is 0.419 e. The summed E-state index contributed by atoms with van der Waals surface area (Å²) in [6.07, 6.45) is -1.10. The average Bonchev–Trinajstić information content (AvgIpc) is 2.59. The molecule has 1 atom stereocenters. The molecule has 1 heterocycles. The van der Waals surface area contributed by atoms with E-state index in [1.165, 1.54) is 19.1 Å². The normalized spacial score (nSPS) is 23.2. The maximum atomic E-state index is 13.8. The number of anilines is 1. The molecule has 1 saturated heterocycles. The van der Waals surface area contributed by atoms with E-state index in [1.54, 1.807) is 0 Å². The van der Waals surface area contributed by atoms with Crippen molar-refractivity contribution in [1.29, 1.82) is 0 Å². The van der Waals surface area contributed by atoms with Gasteiger partial charge in [0, 0.05) is 6.92 Å². The number of hydrogen-bond acceptors (Lipinski definition) is 8. The molecule has 11 N–H and O–H groups in total. The summed E-state index contributed by atoms with van der Waals surface area (Å²) in [6, 6.07) is 3.84. The van der Waals surface area contributed by atoms with Crippen LogP contribution in [0.5, 0.6) is 0 Å². The number of cyclic esters (lactones) is 1. The molecule has 2 rings (SSSR count). The summed E-state index contributed by atoms with van der Waals surface area (Å²) in [4.78, 5) is 24.2. The summed E-state index contributed by atoms with van der Waals surface area (Å²) in [5.74, 6) is -5.84. The van der Waals surface area contributed by atoms with Crippen molar-refractivity contribution >= 4 is 17.7 Å². The zero-order valence-corrected chi connectivity index (χ0v) is 13.2. The van der Waals surface area contributed by atoms with Gasteiger partial charge in [-0.25, -0.2) is 14.1 Å². The minimum atomic E-state index is -2.41. The molecule has 1 aliphatic heterocycles. The molecule has 1 aromatic carbocycles. The van der Waals surface area contributed by atoms with Gasteiger partial charge >= 0.3 is 6.09 Å². The Morgan fingerprint density at radius 3 is 2.42 bits per heavy atom. The van der Waals surface area contributed by atoms with Gasteiger partial charge in [0.15, 0.2) is 0 Å². The van der Waals surface area contributed by atoms with Crippen LogP contribution in [0, 0.1) is 12.7 Å². The molecule has 1 fully saturated rings. The molecule has 2 amide bonds. The van der Waals surface area contributed by atoms with E-state index in [1.807, 2.05) is 0 Å². The first-order chi connectivity index (χ1) is 10.8. The van der Waals surface area contributed by atoms with Crippen molar-refractivity contribution in [2.75, 3.05) is 4.90 Å². The molecule has 1 aliphatic rings. The smallest absolute Gasteiger partial charge is 0.416 e. The van der Waals surface area contributed by atoms with Crippen molar-refractivity contribution in [3.8, 4) is 0 Å². The Bertz CT molecular complexity index is 709. The maximum absolute atomic E-state index is 13.8. The topological polar surface area (TPSA) is 189 Å². The zero-order valence-electron chi connectivity index (χ0n) is 13.2. The fourth-order valence-corrected chi connectivity index (χ4v) is 2.42. The lowest BCUT2D eigenvalue weighted by Crippen LogP contribution is -2.90. The highest BCUT2D eigenvalue weighted by molar-refractivity contribution is 5.92. The van der Waals surface area contributed by atoms with Crippen LogP contribution >= 0.6 is 0 Å². The van der Waals surface area contributed by atoms with Crippen LogP contribution in [-0.2, 0) is 9.53 Å². The molecule has 0 radical (unpaired) electrons. The molecule has 0 aromatic heterocycles. The third-order valence-corrected chi connectivity index (χ3v) is 3.81. The summed E-state index contributed by atoms with van der Waals surface area (Å²) in [7, 11) is 0. The SMILES string of the molecule is CC(=O)NC(N)(N)[C@]1(N)OC(=O)N(c2ccc(C)c(F)c2)C1(N)N. The van der Waals surface area contributed by atoms with Gasteiger partial charge in [0.2, 0.25) is 17.5 Å². The molecule has 0 saturated carbocycles. The quantitative estimate of drug-likeness (QED) is 0.341. The lowest BCUT2D eigenvalue weighted by molar-refractivity contribution is -0.128. The number of rotatable bonds is 3. The molecular weight excluding hydrogens is 321 g/mol. The van der Waals surface area contributed by atoms with Gasteiger partial charge in [-0.2, -0.15) is 0 Å². The van der Waals surface area contributed by atoms with Crippen LogP contribution in [-0.4, -0.2) is 29.3 Å². The Balaban J connectivity index is 2.52. The van der Waals surface area contributed by atoms with Crippen LogP contribution in [0.2, 0.25) is 0 Å². The standard InChI is InChI=1S/C13H20FN7O3/c1-6-3-4-8(5-9(6)14)21-10(23)24-11(15,13(21,18)19)12(16,17)20-7(2)22/h3-5H,15-19H2,1-2H3,(H,20,22)/t11-/m0/s1. The Kier molecular flexibility index (Phi) is 4.03. The first-order valence-electron chi connectivity index (χ1n) is 6.86. The van der Waals surface area contributed by atoms with Crippen LogP contribution in [0.4, 0.5) is 14.9 Å². The first-order valence-corrected chi connectivity index (χ1v) is 6.86. The minimum Gasteiger partial charge on any atom is -0.416 e. The number of ether oxygens (including phenoxy) is 1. The second-order valence-electron chi connectivity index (χ2n) is 5.75. The number of aryl methyl sites for hydroxylation is 1.